The van der Waals surface area contributed by atoms with Crippen molar-refractivity contribution in [3.05, 3.63) is 41.7 Å². The van der Waals surface area contributed by atoms with Crippen LogP contribution in [0.3, 0.4) is 0 Å². The van der Waals surface area contributed by atoms with Crippen LogP contribution in [-0.2, 0) is 0 Å². The Balaban J connectivity index is 1.72. The van der Waals surface area contributed by atoms with E-state index < -0.39 is 0 Å². The summed E-state index contributed by atoms with van der Waals surface area (Å²) >= 11 is 6.35. The molecular formula is C16H15ClN7+. The van der Waals surface area contributed by atoms with Crippen LogP contribution in [0.4, 0.5) is 11.5 Å². The average Bonchev–Trinajstić information content (AvgIpc) is 3.07. The van der Waals surface area contributed by atoms with Gasteiger partial charge in [0, 0.05) is 23.8 Å². The van der Waals surface area contributed by atoms with Gasteiger partial charge >= 0.3 is 0 Å². The SMILES string of the molecule is CC1=N[N+](C)(c2ccc(-c3cnc4c(N)n[nH]c4n3)cc2)C(Cl)=C1. The lowest BCUT2D eigenvalue weighted by molar-refractivity contribution is 0.470. The molecule has 3 heterocycles. The molecule has 3 N–H and O–H groups in total. The highest BCUT2D eigenvalue weighted by atomic mass is 35.5. The number of nitrogens with two attached hydrogens (primary N) is 1. The normalized spacial score (nSPS) is 20.3. The van der Waals surface area contributed by atoms with E-state index in [9.17, 15) is 0 Å². The van der Waals surface area contributed by atoms with Crippen LogP contribution in [0.15, 0.2) is 46.8 Å². The first-order valence-corrected chi connectivity index (χ1v) is 7.74. The molecule has 3 aromatic rings. The minimum Gasteiger partial charge on any atom is -0.380 e. The quantitative estimate of drug-likeness (QED) is 0.554. The lowest BCUT2D eigenvalue weighted by Crippen LogP contribution is -2.33. The molecule has 0 saturated carbocycles. The second-order valence-electron chi connectivity index (χ2n) is 5.78. The molecule has 120 valence electrons. The van der Waals surface area contributed by atoms with E-state index in [-0.39, 0.29) is 4.59 Å². The van der Waals surface area contributed by atoms with Crippen LogP contribution in [0.5, 0.6) is 0 Å². The van der Waals surface area contributed by atoms with Crippen molar-refractivity contribution in [2.75, 3.05) is 12.8 Å². The molecule has 1 aromatic carbocycles. The lowest BCUT2D eigenvalue weighted by Gasteiger charge is -2.22. The summed E-state index contributed by atoms with van der Waals surface area (Å²) in [6.45, 7) is 1.93. The highest BCUT2D eigenvalue weighted by Gasteiger charge is 2.34. The van der Waals surface area contributed by atoms with Crippen molar-refractivity contribution < 1.29 is 0 Å². The number of benzene rings is 1. The Kier molecular flexibility index (Phi) is 3.16. The Morgan fingerprint density at radius 1 is 1.21 bits per heavy atom. The van der Waals surface area contributed by atoms with Gasteiger partial charge in [-0.05, 0) is 30.7 Å². The smallest absolute Gasteiger partial charge is 0.235 e. The van der Waals surface area contributed by atoms with Gasteiger partial charge in [-0.15, -0.1) is 4.59 Å². The summed E-state index contributed by atoms with van der Waals surface area (Å²) in [6.07, 6.45) is 3.56. The average molecular weight is 341 g/mol. The van der Waals surface area contributed by atoms with Crippen LogP contribution < -0.4 is 10.3 Å². The molecule has 0 spiro atoms. The number of aromatic amines is 1. The Bertz CT molecular complexity index is 1000. The molecule has 0 bridgehead atoms. The number of anilines is 1. The predicted molar refractivity (Wildman–Crippen MR) is 96.3 cm³/mol. The van der Waals surface area contributed by atoms with Crippen LogP contribution in [0, 0.1) is 0 Å². The second kappa shape index (κ2) is 5.12. The monoisotopic (exact) mass is 340 g/mol. The van der Waals surface area contributed by atoms with Gasteiger partial charge in [-0.2, -0.15) is 5.10 Å². The van der Waals surface area contributed by atoms with Gasteiger partial charge in [0.1, 0.15) is 12.8 Å². The first-order valence-electron chi connectivity index (χ1n) is 7.36. The highest BCUT2D eigenvalue weighted by molar-refractivity contribution is 6.32. The van der Waals surface area contributed by atoms with Gasteiger partial charge in [-0.1, -0.05) is 5.10 Å². The molecule has 0 aliphatic carbocycles. The van der Waals surface area contributed by atoms with Crippen molar-refractivity contribution in [2.45, 2.75) is 6.92 Å². The number of fused-ring (bicyclic) bond motifs is 1. The molecule has 1 aliphatic heterocycles. The van der Waals surface area contributed by atoms with Crippen molar-refractivity contribution in [2.24, 2.45) is 5.10 Å². The number of rotatable bonds is 2. The zero-order chi connectivity index (χ0) is 16.9. The van der Waals surface area contributed by atoms with Crippen LogP contribution in [0.25, 0.3) is 22.4 Å². The van der Waals surface area contributed by atoms with Crippen LogP contribution in [0.2, 0.25) is 0 Å². The number of quaternary nitrogens is 1. The Morgan fingerprint density at radius 2 is 1.96 bits per heavy atom. The zero-order valence-corrected chi connectivity index (χ0v) is 13.9. The standard InChI is InChI=1S/C16H15ClN7/c1-9-7-13(17)24(2,23-9)11-5-3-10(4-6-11)12-8-19-14-15(18)21-22-16(14)20-12/h3-8H,1-2H3,(H3,18,20,21,22)/q+1. The van der Waals surface area contributed by atoms with E-state index in [2.05, 4.69) is 25.3 Å². The molecule has 0 saturated heterocycles. The summed E-state index contributed by atoms with van der Waals surface area (Å²) in [5, 5.41) is 11.9. The molecule has 1 unspecified atom stereocenters. The minimum atomic E-state index is 0.218. The summed E-state index contributed by atoms with van der Waals surface area (Å²) < 4.78 is 0.218. The molecule has 0 amide bonds. The molecular weight excluding hydrogens is 326 g/mol. The molecule has 7 nitrogen and oxygen atoms in total. The summed E-state index contributed by atoms with van der Waals surface area (Å²) in [4.78, 5) is 8.82. The maximum atomic E-state index is 6.35. The number of H-pyrrole nitrogens is 1. The number of hydrogen-bond acceptors (Lipinski definition) is 5. The first-order chi connectivity index (χ1) is 11.5. The zero-order valence-electron chi connectivity index (χ0n) is 13.2. The number of nitrogens with one attached hydrogen (secondary N) is 1. The van der Waals surface area contributed by atoms with E-state index in [0.717, 1.165) is 22.7 Å². The number of hydrogen-bond donors (Lipinski definition) is 2. The van der Waals surface area contributed by atoms with E-state index >= 15 is 0 Å². The number of nitrogen functional groups attached to an aromatic ring is 1. The fourth-order valence-electron chi connectivity index (χ4n) is 2.75. The predicted octanol–water partition coefficient (Wildman–Crippen LogP) is 3.01. The van der Waals surface area contributed by atoms with Gasteiger partial charge in [0.15, 0.2) is 22.7 Å². The van der Waals surface area contributed by atoms with Gasteiger partial charge < -0.3 is 5.73 Å². The summed E-state index contributed by atoms with van der Waals surface area (Å²) in [7, 11) is 1.95. The second-order valence-corrected chi connectivity index (χ2v) is 6.16. The van der Waals surface area contributed by atoms with Crippen molar-refractivity contribution in [3.63, 3.8) is 0 Å². The Labute approximate surface area is 143 Å². The van der Waals surface area contributed by atoms with E-state index in [1.165, 1.54) is 0 Å². The van der Waals surface area contributed by atoms with E-state index in [4.69, 9.17) is 17.3 Å². The van der Waals surface area contributed by atoms with Gasteiger partial charge in [0.05, 0.1) is 11.9 Å². The minimum absolute atomic E-state index is 0.218. The summed E-state index contributed by atoms with van der Waals surface area (Å²) in [5.41, 5.74) is 10.4. The lowest BCUT2D eigenvalue weighted by atomic mass is 10.1. The first kappa shape index (κ1) is 14.8. The van der Waals surface area contributed by atoms with E-state index in [1.807, 2.05) is 44.3 Å². The fraction of sp³-hybridized carbons (Fsp3) is 0.125. The third-order valence-corrected chi connectivity index (χ3v) is 4.50. The largest absolute Gasteiger partial charge is 0.380 e. The number of allylic oxidation sites excluding steroid dienone is 1. The Morgan fingerprint density at radius 3 is 2.62 bits per heavy atom. The molecule has 2 aromatic heterocycles. The number of aromatic nitrogens is 4. The van der Waals surface area contributed by atoms with Crippen LogP contribution >= 0.6 is 11.6 Å². The molecule has 4 rings (SSSR count). The summed E-state index contributed by atoms with van der Waals surface area (Å²) in [6, 6.07) is 7.92. The van der Waals surface area contributed by atoms with Gasteiger partial charge in [0.25, 0.3) is 0 Å². The highest BCUT2D eigenvalue weighted by Crippen LogP contribution is 2.34. The number of halogens is 1. The van der Waals surface area contributed by atoms with Gasteiger partial charge in [-0.3, -0.25) is 5.10 Å². The summed E-state index contributed by atoms with van der Waals surface area (Å²) in [5.74, 6) is 0.348. The maximum Gasteiger partial charge on any atom is 0.235 e. The van der Waals surface area contributed by atoms with Crippen LogP contribution in [-0.4, -0.2) is 32.9 Å². The molecule has 0 fully saturated rings. The topological polar surface area (TPSA) is 92.8 Å². The third kappa shape index (κ3) is 2.17. The Hall–Kier alpha value is -2.77. The maximum absolute atomic E-state index is 6.35. The van der Waals surface area contributed by atoms with Crippen molar-refractivity contribution in [3.8, 4) is 11.3 Å². The van der Waals surface area contributed by atoms with E-state index in [1.54, 1.807) is 6.20 Å². The molecule has 1 aliphatic rings. The molecule has 1 atom stereocenters. The van der Waals surface area contributed by atoms with Gasteiger partial charge in [-0.25, -0.2) is 9.97 Å². The fourth-order valence-corrected chi connectivity index (χ4v) is 3.05. The van der Waals surface area contributed by atoms with Crippen molar-refractivity contribution in [1.82, 2.24) is 24.8 Å². The van der Waals surface area contributed by atoms with Crippen molar-refractivity contribution in [1.29, 1.82) is 0 Å². The third-order valence-electron chi connectivity index (χ3n) is 4.06. The molecule has 24 heavy (non-hydrogen) atoms. The van der Waals surface area contributed by atoms with Crippen LogP contribution in [0.1, 0.15) is 6.92 Å². The molecule has 8 heteroatoms. The molecule has 0 radical (unpaired) electrons. The van der Waals surface area contributed by atoms with Gasteiger partial charge in [0.2, 0.25) is 5.16 Å². The number of nitrogens with zero attached hydrogens (tertiary/aromatic N) is 5. The van der Waals surface area contributed by atoms with Crippen molar-refractivity contribution >= 4 is 40.0 Å². The van der Waals surface area contributed by atoms with E-state index in [0.29, 0.717) is 22.1 Å².